The summed E-state index contributed by atoms with van der Waals surface area (Å²) >= 11 is 11.9. The highest BCUT2D eigenvalue weighted by molar-refractivity contribution is 7.92. The van der Waals surface area contributed by atoms with E-state index in [0.717, 1.165) is 19.1 Å². The number of amides is 1. The summed E-state index contributed by atoms with van der Waals surface area (Å²) in [6, 6.07) is 4.58. The lowest BCUT2D eigenvalue weighted by Crippen LogP contribution is -2.39. The van der Waals surface area contributed by atoms with Crippen molar-refractivity contribution in [1.29, 1.82) is 0 Å². The maximum Gasteiger partial charge on any atom is 0.232 e. The smallest absolute Gasteiger partial charge is 0.232 e. The van der Waals surface area contributed by atoms with E-state index in [1.807, 2.05) is 13.8 Å². The lowest BCUT2D eigenvalue weighted by atomic mass is 10.0. The summed E-state index contributed by atoms with van der Waals surface area (Å²) in [5.74, 6) is -0.116. The van der Waals surface area contributed by atoms with Gasteiger partial charge in [0.25, 0.3) is 0 Å². The first-order chi connectivity index (χ1) is 10.7. The Balaban J connectivity index is 2.84. The molecular formula is C15H22Cl2N2O3S. The molecule has 0 aliphatic rings. The standard InChI is InChI=1S/C15H22Cl2N2O3S/c1-4-11(5-2)15(20)18-6-7-19(23(3,21)22)14-9-12(16)8-13(17)10-14/h8-11H,4-7H2,1-3H3,(H,18,20). The van der Waals surface area contributed by atoms with Crippen LogP contribution in [0.1, 0.15) is 26.7 Å². The average molecular weight is 381 g/mol. The Morgan fingerprint density at radius 2 is 1.70 bits per heavy atom. The van der Waals surface area contributed by atoms with Crippen LogP contribution in [0.15, 0.2) is 18.2 Å². The van der Waals surface area contributed by atoms with Crippen LogP contribution in [0, 0.1) is 5.92 Å². The predicted molar refractivity (Wildman–Crippen MR) is 95.7 cm³/mol. The van der Waals surface area contributed by atoms with Gasteiger partial charge in [0.15, 0.2) is 0 Å². The molecule has 0 aromatic heterocycles. The topological polar surface area (TPSA) is 66.5 Å². The molecule has 0 heterocycles. The zero-order valence-corrected chi connectivity index (χ0v) is 15.8. The minimum Gasteiger partial charge on any atom is -0.354 e. The second-order valence-corrected chi connectivity index (χ2v) is 8.05. The normalized spacial score (nSPS) is 11.6. The van der Waals surface area contributed by atoms with Gasteiger partial charge in [-0.15, -0.1) is 0 Å². The van der Waals surface area contributed by atoms with Gasteiger partial charge in [-0.25, -0.2) is 8.42 Å². The lowest BCUT2D eigenvalue weighted by molar-refractivity contribution is -0.125. The Morgan fingerprint density at radius 3 is 2.13 bits per heavy atom. The zero-order chi connectivity index (χ0) is 17.6. The molecule has 0 radical (unpaired) electrons. The molecule has 0 spiro atoms. The van der Waals surface area contributed by atoms with Crippen molar-refractivity contribution in [3.63, 3.8) is 0 Å². The van der Waals surface area contributed by atoms with Crippen molar-refractivity contribution in [2.45, 2.75) is 26.7 Å². The summed E-state index contributed by atoms with van der Waals surface area (Å²) in [4.78, 5) is 12.0. The number of rotatable bonds is 8. The number of halogens is 2. The molecule has 0 unspecified atom stereocenters. The van der Waals surface area contributed by atoms with Gasteiger partial charge in [0.2, 0.25) is 15.9 Å². The molecular weight excluding hydrogens is 359 g/mol. The van der Waals surface area contributed by atoms with Gasteiger partial charge in [-0.2, -0.15) is 0 Å². The summed E-state index contributed by atoms with van der Waals surface area (Å²) in [7, 11) is -3.52. The first kappa shape index (κ1) is 20.1. The van der Waals surface area contributed by atoms with Gasteiger partial charge in [0.05, 0.1) is 18.5 Å². The molecule has 1 amide bonds. The monoisotopic (exact) mass is 380 g/mol. The Morgan fingerprint density at radius 1 is 1.17 bits per heavy atom. The molecule has 0 aliphatic carbocycles. The number of carbonyl (C=O) groups is 1. The van der Waals surface area contributed by atoms with Gasteiger partial charge in [0.1, 0.15) is 0 Å². The average Bonchev–Trinajstić information content (AvgIpc) is 2.42. The molecule has 0 saturated heterocycles. The molecule has 1 rings (SSSR count). The van der Waals surface area contributed by atoms with Crippen LogP contribution in [-0.2, 0) is 14.8 Å². The van der Waals surface area contributed by atoms with Gasteiger partial charge in [-0.1, -0.05) is 37.0 Å². The van der Waals surface area contributed by atoms with E-state index in [1.54, 1.807) is 0 Å². The van der Waals surface area contributed by atoms with Crippen molar-refractivity contribution in [3.05, 3.63) is 28.2 Å². The number of nitrogens with zero attached hydrogens (tertiary/aromatic N) is 1. The van der Waals surface area contributed by atoms with Crippen LogP contribution < -0.4 is 9.62 Å². The number of benzene rings is 1. The van der Waals surface area contributed by atoms with Crippen LogP contribution in [0.2, 0.25) is 10.0 Å². The number of hydrogen-bond donors (Lipinski definition) is 1. The molecule has 0 aliphatic heterocycles. The van der Waals surface area contributed by atoms with Gasteiger partial charge < -0.3 is 5.32 Å². The molecule has 1 aromatic carbocycles. The van der Waals surface area contributed by atoms with Crippen molar-refractivity contribution in [1.82, 2.24) is 5.32 Å². The van der Waals surface area contributed by atoms with Crippen LogP contribution in [0.3, 0.4) is 0 Å². The van der Waals surface area contributed by atoms with Crippen molar-refractivity contribution in [2.24, 2.45) is 5.92 Å². The highest BCUT2D eigenvalue weighted by atomic mass is 35.5. The summed E-state index contributed by atoms with van der Waals surface area (Å²) in [6.07, 6.45) is 2.61. The van der Waals surface area contributed by atoms with E-state index in [4.69, 9.17) is 23.2 Å². The Labute approximate surface area is 148 Å². The third-order valence-electron chi connectivity index (χ3n) is 3.51. The number of sulfonamides is 1. The number of hydrogen-bond acceptors (Lipinski definition) is 3. The highest BCUT2D eigenvalue weighted by Gasteiger charge is 2.19. The third-order valence-corrected chi connectivity index (χ3v) is 5.14. The van der Waals surface area contributed by atoms with E-state index >= 15 is 0 Å². The molecule has 1 aromatic rings. The molecule has 0 atom stereocenters. The van der Waals surface area contributed by atoms with Crippen LogP contribution in [0.25, 0.3) is 0 Å². The largest absolute Gasteiger partial charge is 0.354 e. The molecule has 130 valence electrons. The zero-order valence-electron chi connectivity index (χ0n) is 13.5. The maximum absolute atomic E-state index is 12.0. The minimum absolute atomic E-state index is 0.0534. The Kier molecular flexibility index (Phi) is 7.64. The fourth-order valence-corrected chi connectivity index (χ4v) is 3.68. The third kappa shape index (κ3) is 6.20. The summed E-state index contributed by atoms with van der Waals surface area (Å²) in [5.41, 5.74) is 0.377. The van der Waals surface area contributed by atoms with Crippen molar-refractivity contribution < 1.29 is 13.2 Å². The van der Waals surface area contributed by atoms with E-state index in [9.17, 15) is 13.2 Å². The van der Waals surface area contributed by atoms with Crippen molar-refractivity contribution in [2.75, 3.05) is 23.7 Å². The van der Waals surface area contributed by atoms with E-state index in [2.05, 4.69) is 5.32 Å². The van der Waals surface area contributed by atoms with E-state index < -0.39 is 10.0 Å². The SMILES string of the molecule is CCC(CC)C(=O)NCCN(c1cc(Cl)cc(Cl)c1)S(C)(=O)=O. The molecule has 0 saturated carbocycles. The van der Waals surface area contributed by atoms with Crippen LogP contribution in [0.5, 0.6) is 0 Å². The summed E-state index contributed by atoms with van der Waals surface area (Å²) in [6.45, 7) is 4.23. The molecule has 0 fully saturated rings. The maximum atomic E-state index is 12.0. The number of nitrogens with one attached hydrogen (secondary N) is 1. The van der Waals surface area contributed by atoms with Gasteiger partial charge in [-0.05, 0) is 31.0 Å². The first-order valence-corrected chi connectivity index (χ1v) is 10.0. The van der Waals surface area contributed by atoms with Crippen LogP contribution in [-0.4, -0.2) is 33.7 Å². The number of anilines is 1. The van der Waals surface area contributed by atoms with E-state index in [-0.39, 0.29) is 24.9 Å². The highest BCUT2D eigenvalue weighted by Crippen LogP contribution is 2.26. The Hall–Kier alpha value is -0.980. The predicted octanol–water partition coefficient (Wildman–Crippen LogP) is 3.31. The fourth-order valence-electron chi connectivity index (χ4n) is 2.25. The second-order valence-electron chi connectivity index (χ2n) is 5.27. The first-order valence-electron chi connectivity index (χ1n) is 7.40. The van der Waals surface area contributed by atoms with Gasteiger partial charge in [-0.3, -0.25) is 9.10 Å². The van der Waals surface area contributed by atoms with E-state index in [0.29, 0.717) is 15.7 Å². The van der Waals surface area contributed by atoms with Crippen LogP contribution in [0.4, 0.5) is 5.69 Å². The van der Waals surface area contributed by atoms with Gasteiger partial charge >= 0.3 is 0 Å². The quantitative estimate of drug-likeness (QED) is 0.751. The minimum atomic E-state index is -3.52. The molecule has 1 N–H and O–H groups in total. The second kappa shape index (κ2) is 8.76. The van der Waals surface area contributed by atoms with Crippen molar-refractivity contribution >= 4 is 44.8 Å². The number of carbonyl (C=O) groups excluding carboxylic acids is 1. The molecule has 5 nitrogen and oxygen atoms in total. The molecule has 8 heteroatoms. The summed E-state index contributed by atoms with van der Waals surface area (Å²) < 4.78 is 25.2. The molecule has 0 bridgehead atoms. The van der Waals surface area contributed by atoms with E-state index in [1.165, 1.54) is 22.5 Å². The lowest BCUT2D eigenvalue weighted by Gasteiger charge is -2.23. The van der Waals surface area contributed by atoms with Gasteiger partial charge in [0, 0.05) is 22.5 Å². The fraction of sp³-hybridized carbons (Fsp3) is 0.533. The Bertz CT molecular complexity index is 626. The molecule has 23 heavy (non-hydrogen) atoms. The van der Waals surface area contributed by atoms with Crippen molar-refractivity contribution in [3.8, 4) is 0 Å². The summed E-state index contributed by atoms with van der Waals surface area (Å²) in [5, 5.41) is 3.47. The van der Waals surface area contributed by atoms with Crippen LogP contribution >= 0.6 is 23.2 Å².